The van der Waals surface area contributed by atoms with Crippen molar-refractivity contribution in [1.82, 2.24) is 20.4 Å². The van der Waals surface area contributed by atoms with E-state index in [4.69, 9.17) is 0 Å². The van der Waals surface area contributed by atoms with E-state index in [1.807, 2.05) is 20.8 Å². The van der Waals surface area contributed by atoms with Crippen LogP contribution in [-0.4, -0.2) is 45.0 Å². The number of hydrogen-bond acceptors (Lipinski definition) is 4. The quantitative estimate of drug-likeness (QED) is 0.685. The molecule has 19 heavy (non-hydrogen) atoms. The van der Waals surface area contributed by atoms with Gasteiger partial charge in [-0.15, -0.1) is 0 Å². The van der Waals surface area contributed by atoms with Gasteiger partial charge in [0.1, 0.15) is 0 Å². The summed E-state index contributed by atoms with van der Waals surface area (Å²) >= 11 is 0. The lowest BCUT2D eigenvalue weighted by molar-refractivity contribution is -0.124. The molecule has 2 unspecified atom stereocenters. The summed E-state index contributed by atoms with van der Waals surface area (Å²) in [5.74, 6) is -0.0706. The Balaban J connectivity index is 2.29. The van der Waals surface area contributed by atoms with Gasteiger partial charge in [0.2, 0.25) is 5.91 Å². The number of carbonyl (C=O) groups is 1. The zero-order chi connectivity index (χ0) is 14.5. The monoisotopic (exact) mass is 268 g/mol. The van der Waals surface area contributed by atoms with Gasteiger partial charge in [-0.1, -0.05) is 0 Å². The average Bonchev–Trinajstić information content (AvgIpc) is 2.76. The average molecular weight is 268 g/mol. The fourth-order valence-corrected chi connectivity index (χ4v) is 1.57. The fourth-order valence-electron chi connectivity index (χ4n) is 1.57. The number of aliphatic hydroxyl groups excluding tert-OH is 1. The van der Waals surface area contributed by atoms with E-state index in [9.17, 15) is 9.90 Å². The van der Waals surface area contributed by atoms with Crippen molar-refractivity contribution >= 4 is 5.91 Å². The van der Waals surface area contributed by atoms with Crippen LogP contribution in [-0.2, 0) is 11.3 Å². The van der Waals surface area contributed by atoms with Gasteiger partial charge in [-0.05, 0) is 33.8 Å². The smallest absolute Gasteiger partial charge is 0.237 e. The number of rotatable bonds is 6. The molecule has 0 aliphatic carbocycles. The molecule has 1 aromatic heterocycles. The minimum absolute atomic E-state index is 0.0706. The minimum Gasteiger partial charge on any atom is -0.390 e. The summed E-state index contributed by atoms with van der Waals surface area (Å²) in [5, 5.41) is 19.7. The first-order valence-corrected chi connectivity index (χ1v) is 6.49. The Kier molecular flexibility index (Phi) is 5.50. The van der Waals surface area contributed by atoms with Crippen LogP contribution in [0.15, 0.2) is 18.5 Å². The fraction of sp³-hybridized carbons (Fsp3) is 0.692. The Morgan fingerprint density at radius 2 is 2.16 bits per heavy atom. The maximum Gasteiger partial charge on any atom is 0.237 e. The molecule has 0 radical (unpaired) electrons. The van der Waals surface area contributed by atoms with E-state index < -0.39 is 6.10 Å². The van der Waals surface area contributed by atoms with Crippen LogP contribution in [0, 0.1) is 0 Å². The van der Waals surface area contributed by atoms with Crippen LogP contribution >= 0.6 is 0 Å². The normalized spacial score (nSPS) is 15.0. The summed E-state index contributed by atoms with van der Waals surface area (Å²) in [6.45, 7) is 8.34. The van der Waals surface area contributed by atoms with Gasteiger partial charge in [-0.2, -0.15) is 5.10 Å². The number of amides is 1. The van der Waals surface area contributed by atoms with Crippen molar-refractivity contribution in [3.05, 3.63) is 18.5 Å². The molecule has 6 nitrogen and oxygen atoms in total. The molecule has 108 valence electrons. The van der Waals surface area contributed by atoms with Crippen molar-refractivity contribution in [1.29, 1.82) is 0 Å². The lowest BCUT2D eigenvalue weighted by atomic mass is 10.1. The third-order valence-corrected chi connectivity index (χ3v) is 2.51. The lowest BCUT2D eigenvalue weighted by Gasteiger charge is -2.24. The van der Waals surface area contributed by atoms with Crippen LogP contribution in [0.25, 0.3) is 0 Å². The van der Waals surface area contributed by atoms with Gasteiger partial charge in [0.25, 0.3) is 0 Å². The summed E-state index contributed by atoms with van der Waals surface area (Å²) < 4.78 is 1.66. The number of aliphatic hydroxyl groups is 1. The topological polar surface area (TPSA) is 79.2 Å². The SMILES string of the molecule is CC(NCC(O)Cn1cccn1)C(=O)NC(C)(C)C. The van der Waals surface area contributed by atoms with Gasteiger partial charge < -0.3 is 15.7 Å². The van der Waals surface area contributed by atoms with Crippen LogP contribution in [0.4, 0.5) is 0 Å². The largest absolute Gasteiger partial charge is 0.390 e. The molecule has 0 saturated carbocycles. The second kappa shape index (κ2) is 6.68. The molecular formula is C13H24N4O2. The highest BCUT2D eigenvalue weighted by Gasteiger charge is 2.19. The predicted octanol–water partition coefficient (Wildman–Crippen LogP) is 0.137. The summed E-state index contributed by atoms with van der Waals surface area (Å²) in [6, 6.07) is 1.46. The Hall–Kier alpha value is -1.40. The van der Waals surface area contributed by atoms with Crippen molar-refractivity contribution < 1.29 is 9.90 Å². The van der Waals surface area contributed by atoms with Crippen molar-refractivity contribution in [3.63, 3.8) is 0 Å². The van der Waals surface area contributed by atoms with Gasteiger partial charge >= 0.3 is 0 Å². The van der Waals surface area contributed by atoms with Crippen molar-refractivity contribution in [2.45, 2.75) is 51.9 Å². The van der Waals surface area contributed by atoms with Gasteiger partial charge in [-0.3, -0.25) is 9.48 Å². The van der Waals surface area contributed by atoms with Gasteiger partial charge in [0, 0.05) is 24.5 Å². The van der Waals surface area contributed by atoms with Crippen LogP contribution < -0.4 is 10.6 Å². The zero-order valence-corrected chi connectivity index (χ0v) is 12.1. The molecule has 1 heterocycles. The molecular weight excluding hydrogens is 244 g/mol. The zero-order valence-electron chi connectivity index (χ0n) is 12.1. The van der Waals surface area contributed by atoms with E-state index in [1.54, 1.807) is 30.1 Å². The first-order chi connectivity index (χ1) is 8.78. The number of nitrogens with one attached hydrogen (secondary N) is 2. The first-order valence-electron chi connectivity index (χ1n) is 6.49. The number of aromatic nitrogens is 2. The van der Waals surface area contributed by atoms with Gasteiger partial charge in [0.05, 0.1) is 18.7 Å². The summed E-state index contributed by atoms with van der Waals surface area (Å²) in [7, 11) is 0. The highest BCUT2D eigenvalue weighted by Crippen LogP contribution is 1.99. The van der Waals surface area contributed by atoms with E-state index in [2.05, 4.69) is 15.7 Å². The molecule has 0 aromatic carbocycles. The maximum atomic E-state index is 11.8. The molecule has 0 bridgehead atoms. The molecule has 2 atom stereocenters. The number of hydrogen-bond donors (Lipinski definition) is 3. The number of carbonyl (C=O) groups excluding carboxylic acids is 1. The molecule has 0 aliphatic heterocycles. The Morgan fingerprint density at radius 1 is 1.47 bits per heavy atom. The molecule has 3 N–H and O–H groups in total. The highest BCUT2D eigenvalue weighted by molar-refractivity contribution is 5.81. The second-order valence-corrected chi connectivity index (χ2v) is 5.75. The third kappa shape index (κ3) is 6.35. The Morgan fingerprint density at radius 3 is 2.68 bits per heavy atom. The predicted molar refractivity (Wildman–Crippen MR) is 73.6 cm³/mol. The van der Waals surface area contributed by atoms with E-state index in [0.717, 1.165) is 0 Å². The van der Waals surface area contributed by atoms with Crippen molar-refractivity contribution in [3.8, 4) is 0 Å². The standard InChI is InChI=1S/C13H24N4O2/c1-10(12(19)16-13(2,3)4)14-8-11(18)9-17-7-5-6-15-17/h5-7,10-11,14,18H,8-9H2,1-4H3,(H,16,19). The molecule has 0 fully saturated rings. The van der Waals surface area contributed by atoms with Crippen LogP contribution in [0.5, 0.6) is 0 Å². The first kappa shape index (κ1) is 15.7. The Bertz CT molecular complexity index is 384. The number of nitrogens with zero attached hydrogens (tertiary/aromatic N) is 2. The van der Waals surface area contributed by atoms with Gasteiger partial charge in [-0.25, -0.2) is 0 Å². The molecule has 0 saturated heterocycles. The van der Waals surface area contributed by atoms with Crippen molar-refractivity contribution in [2.75, 3.05) is 6.54 Å². The summed E-state index contributed by atoms with van der Waals surface area (Å²) in [4.78, 5) is 11.8. The molecule has 6 heteroatoms. The summed E-state index contributed by atoms with van der Waals surface area (Å²) in [6.07, 6.45) is 2.88. The highest BCUT2D eigenvalue weighted by atomic mass is 16.3. The van der Waals surface area contributed by atoms with Crippen LogP contribution in [0.3, 0.4) is 0 Å². The van der Waals surface area contributed by atoms with Gasteiger partial charge in [0.15, 0.2) is 0 Å². The molecule has 1 aromatic rings. The molecule has 1 amide bonds. The minimum atomic E-state index is -0.579. The van der Waals surface area contributed by atoms with Crippen molar-refractivity contribution in [2.24, 2.45) is 0 Å². The van der Waals surface area contributed by atoms with Crippen LogP contribution in [0.2, 0.25) is 0 Å². The Labute approximate surface area is 114 Å². The maximum absolute atomic E-state index is 11.8. The lowest BCUT2D eigenvalue weighted by Crippen LogP contribution is -2.50. The summed E-state index contributed by atoms with van der Waals surface area (Å²) in [5.41, 5.74) is -0.249. The van der Waals surface area contributed by atoms with E-state index in [0.29, 0.717) is 13.1 Å². The second-order valence-electron chi connectivity index (χ2n) is 5.75. The van der Waals surface area contributed by atoms with E-state index >= 15 is 0 Å². The molecule has 1 rings (SSSR count). The molecule has 0 spiro atoms. The molecule has 0 aliphatic rings. The third-order valence-electron chi connectivity index (χ3n) is 2.51. The van der Waals surface area contributed by atoms with E-state index in [-0.39, 0.29) is 17.5 Å². The van der Waals surface area contributed by atoms with E-state index in [1.165, 1.54) is 0 Å². The van der Waals surface area contributed by atoms with Crippen LogP contribution in [0.1, 0.15) is 27.7 Å².